The highest BCUT2D eigenvalue weighted by molar-refractivity contribution is 7.91. The van der Waals surface area contributed by atoms with Crippen LogP contribution in [0.2, 0.25) is 0 Å². The topological polar surface area (TPSA) is 113 Å². The Morgan fingerprint density at radius 2 is 1.83 bits per heavy atom. The van der Waals surface area contributed by atoms with Crippen LogP contribution in [0.25, 0.3) is 0 Å². The van der Waals surface area contributed by atoms with Crippen LogP contribution >= 0.6 is 0 Å². The normalized spacial score (nSPS) is 12.2. The predicted octanol–water partition coefficient (Wildman–Crippen LogP) is 1.68. The van der Waals surface area contributed by atoms with E-state index in [0.717, 1.165) is 0 Å². The second-order valence-corrected chi connectivity index (χ2v) is 6.90. The van der Waals surface area contributed by atoms with Crippen molar-refractivity contribution in [3.05, 3.63) is 54.1 Å². The molecule has 0 saturated carbocycles. The number of anilines is 1. The molecule has 118 valence electrons. The molecule has 0 bridgehead atoms. The van der Waals surface area contributed by atoms with Gasteiger partial charge in [-0.3, -0.25) is 4.79 Å². The molecule has 0 aromatic heterocycles. The van der Waals surface area contributed by atoms with Crippen molar-refractivity contribution in [2.45, 2.75) is 22.8 Å². The summed E-state index contributed by atoms with van der Waals surface area (Å²) in [5.41, 5.74) is 6.18. The van der Waals surface area contributed by atoms with Crippen molar-refractivity contribution in [3.8, 4) is 6.07 Å². The zero-order valence-corrected chi connectivity index (χ0v) is 13.2. The van der Waals surface area contributed by atoms with Gasteiger partial charge in [-0.25, -0.2) is 8.42 Å². The van der Waals surface area contributed by atoms with Crippen LogP contribution in [0.15, 0.2) is 58.3 Å². The van der Waals surface area contributed by atoms with Gasteiger partial charge in [0.15, 0.2) is 0 Å². The van der Waals surface area contributed by atoms with Crippen LogP contribution in [0.5, 0.6) is 0 Å². The molecule has 0 spiro atoms. The maximum absolute atomic E-state index is 12.5. The van der Waals surface area contributed by atoms with Crippen molar-refractivity contribution in [3.63, 3.8) is 0 Å². The van der Waals surface area contributed by atoms with Gasteiger partial charge in [-0.15, -0.1) is 0 Å². The first-order chi connectivity index (χ1) is 10.8. The number of nitrogens with zero attached hydrogens (tertiary/aromatic N) is 1. The van der Waals surface area contributed by atoms with Crippen molar-refractivity contribution < 1.29 is 13.2 Å². The van der Waals surface area contributed by atoms with E-state index in [1.54, 1.807) is 6.92 Å². The molecule has 2 aromatic rings. The van der Waals surface area contributed by atoms with E-state index in [1.807, 2.05) is 6.07 Å². The highest BCUT2D eigenvalue weighted by Gasteiger charge is 2.18. The third kappa shape index (κ3) is 3.74. The van der Waals surface area contributed by atoms with Crippen LogP contribution in [0.3, 0.4) is 0 Å². The number of nitriles is 1. The molecule has 0 aliphatic carbocycles. The van der Waals surface area contributed by atoms with Gasteiger partial charge in [0.05, 0.1) is 27.5 Å². The van der Waals surface area contributed by atoms with Gasteiger partial charge in [-0.1, -0.05) is 6.07 Å². The summed E-state index contributed by atoms with van der Waals surface area (Å²) in [7, 11) is -3.72. The molecule has 0 aliphatic heterocycles. The highest BCUT2D eigenvalue weighted by Crippen LogP contribution is 2.23. The Kier molecular flexibility index (Phi) is 4.79. The first-order valence-corrected chi connectivity index (χ1v) is 8.24. The number of carbonyl (C=O) groups excluding carboxylic acids is 1. The lowest BCUT2D eigenvalue weighted by molar-refractivity contribution is -0.117. The fraction of sp³-hybridized carbons (Fsp3) is 0.125. The van der Waals surface area contributed by atoms with Crippen molar-refractivity contribution >= 4 is 21.4 Å². The Morgan fingerprint density at radius 1 is 1.17 bits per heavy atom. The average molecular weight is 329 g/mol. The number of benzene rings is 2. The van der Waals surface area contributed by atoms with Gasteiger partial charge in [-0.2, -0.15) is 5.26 Å². The number of sulfone groups is 1. The SMILES string of the molecule is CC(N)C(=O)Nc1ccc(S(=O)(=O)c2cccc(C#N)c2)cc1. The smallest absolute Gasteiger partial charge is 0.240 e. The Bertz CT molecular complexity index is 866. The van der Waals surface area contributed by atoms with E-state index >= 15 is 0 Å². The average Bonchev–Trinajstić information content (AvgIpc) is 2.55. The van der Waals surface area contributed by atoms with E-state index in [2.05, 4.69) is 5.32 Å². The summed E-state index contributed by atoms with van der Waals surface area (Å²) in [5.74, 6) is -0.359. The van der Waals surface area contributed by atoms with Crippen LogP contribution in [0.4, 0.5) is 5.69 Å². The second kappa shape index (κ2) is 6.60. The van der Waals surface area contributed by atoms with E-state index in [9.17, 15) is 13.2 Å². The first-order valence-electron chi connectivity index (χ1n) is 6.76. The molecule has 2 rings (SSSR count). The van der Waals surface area contributed by atoms with Crippen LogP contribution in [0.1, 0.15) is 12.5 Å². The van der Waals surface area contributed by atoms with Crippen molar-refractivity contribution in [2.24, 2.45) is 5.73 Å². The molecule has 0 radical (unpaired) electrons. The summed E-state index contributed by atoms with van der Waals surface area (Å²) in [6.45, 7) is 1.55. The van der Waals surface area contributed by atoms with Crippen molar-refractivity contribution in [1.29, 1.82) is 5.26 Å². The van der Waals surface area contributed by atoms with Crippen LogP contribution in [0, 0.1) is 11.3 Å². The lowest BCUT2D eigenvalue weighted by atomic mass is 10.2. The standard InChI is InChI=1S/C16H15N3O3S/c1-11(18)16(20)19-13-5-7-14(8-6-13)23(21,22)15-4-2-3-12(9-15)10-17/h2-9,11H,18H2,1H3,(H,19,20). The summed E-state index contributed by atoms with van der Waals surface area (Å²) in [5, 5.41) is 11.4. The molecule has 0 aliphatic rings. The maximum atomic E-state index is 12.5. The zero-order chi connectivity index (χ0) is 17.0. The van der Waals surface area contributed by atoms with Crippen molar-refractivity contribution in [1.82, 2.24) is 0 Å². The zero-order valence-electron chi connectivity index (χ0n) is 12.4. The summed E-state index contributed by atoms with van der Waals surface area (Å²) in [6, 6.07) is 12.8. The van der Waals surface area contributed by atoms with Gasteiger partial charge in [0.1, 0.15) is 0 Å². The lowest BCUT2D eigenvalue weighted by Crippen LogP contribution is -2.32. The Hall–Kier alpha value is -2.69. The fourth-order valence-electron chi connectivity index (χ4n) is 1.84. The Morgan fingerprint density at radius 3 is 2.39 bits per heavy atom. The molecule has 0 heterocycles. The molecule has 3 N–H and O–H groups in total. The van der Waals surface area contributed by atoms with E-state index in [1.165, 1.54) is 48.5 Å². The van der Waals surface area contributed by atoms with Crippen LogP contribution < -0.4 is 11.1 Å². The Balaban J connectivity index is 2.31. The number of amides is 1. The number of nitrogens with one attached hydrogen (secondary N) is 1. The molecule has 23 heavy (non-hydrogen) atoms. The van der Waals surface area contributed by atoms with Gasteiger partial charge in [0.2, 0.25) is 15.7 Å². The van der Waals surface area contributed by atoms with Gasteiger partial charge in [-0.05, 0) is 49.4 Å². The monoisotopic (exact) mass is 329 g/mol. The number of hydrogen-bond acceptors (Lipinski definition) is 5. The minimum absolute atomic E-state index is 0.0453. The highest BCUT2D eigenvalue weighted by atomic mass is 32.2. The molecule has 6 nitrogen and oxygen atoms in total. The van der Waals surface area contributed by atoms with E-state index in [0.29, 0.717) is 5.69 Å². The van der Waals surface area contributed by atoms with E-state index in [4.69, 9.17) is 11.0 Å². The Labute approximate surface area is 134 Å². The van der Waals surface area contributed by atoms with E-state index < -0.39 is 15.9 Å². The molecule has 0 fully saturated rings. The molecule has 1 amide bonds. The molecule has 1 unspecified atom stereocenters. The third-order valence-corrected chi connectivity index (χ3v) is 4.89. The summed E-state index contributed by atoms with van der Waals surface area (Å²) >= 11 is 0. The molecule has 2 aromatic carbocycles. The molecular weight excluding hydrogens is 314 g/mol. The molecule has 7 heteroatoms. The summed E-state index contributed by atoms with van der Waals surface area (Å²) in [6.07, 6.45) is 0. The number of nitrogens with two attached hydrogens (primary N) is 1. The fourth-order valence-corrected chi connectivity index (χ4v) is 3.15. The van der Waals surface area contributed by atoms with Gasteiger partial charge >= 0.3 is 0 Å². The van der Waals surface area contributed by atoms with Gasteiger partial charge in [0.25, 0.3) is 0 Å². The molecular formula is C16H15N3O3S. The van der Waals surface area contributed by atoms with E-state index in [-0.39, 0.29) is 21.3 Å². The van der Waals surface area contributed by atoms with Gasteiger partial charge in [0, 0.05) is 5.69 Å². The summed E-state index contributed by atoms with van der Waals surface area (Å²) in [4.78, 5) is 11.6. The predicted molar refractivity (Wildman–Crippen MR) is 85.3 cm³/mol. The lowest BCUT2D eigenvalue weighted by Gasteiger charge is -2.09. The minimum atomic E-state index is -3.72. The maximum Gasteiger partial charge on any atom is 0.240 e. The molecule has 0 saturated heterocycles. The minimum Gasteiger partial charge on any atom is -0.325 e. The summed E-state index contributed by atoms with van der Waals surface area (Å²) < 4.78 is 25.1. The van der Waals surface area contributed by atoms with Gasteiger partial charge < -0.3 is 11.1 Å². The number of rotatable bonds is 4. The second-order valence-electron chi connectivity index (χ2n) is 4.95. The van der Waals surface area contributed by atoms with Crippen LogP contribution in [-0.4, -0.2) is 20.4 Å². The number of carbonyl (C=O) groups is 1. The first kappa shape index (κ1) is 16.7. The third-order valence-electron chi connectivity index (χ3n) is 3.12. The number of hydrogen-bond donors (Lipinski definition) is 2. The largest absolute Gasteiger partial charge is 0.325 e. The van der Waals surface area contributed by atoms with Crippen molar-refractivity contribution in [2.75, 3.05) is 5.32 Å². The quantitative estimate of drug-likeness (QED) is 0.886. The van der Waals surface area contributed by atoms with Crippen LogP contribution in [-0.2, 0) is 14.6 Å². The molecule has 1 atom stereocenters.